The highest BCUT2D eigenvalue weighted by molar-refractivity contribution is 5.69. The van der Waals surface area contributed by atoms with Gasteiger partial charge in [0.1, 0.15) is 11.5 Å². The summed E-state index contributed by atoms with van der Waals surface area (Å²) in [7, 11) is 0. The molecule has 2 heterocycles. The smallest absolute Gasteiger partial charge is 0.417 e. The SMILES string of the molecule is CC(=O)Oc1cccc(OCCCc2cn(-c3ccc(C(F)(F)F)cn3)nc2-c2ccccc2)c1. The maximum Gasteiger partial charge on any atom is 0.417 e. The van der Waals surface area contributed by atoms with Gasteiger partial charge < -0.3 is 9.47 Å². The maximum atomic E-state index is 12.9. The van der Waals surface area contributed by atoms with Gasteiger partial charge in [0, 0.05) is 30.9 Å². The van der Waals surface area contributed by atoms with Crippen molar-refractivity contribution in [1.82, 2.24) is 14.8 Å². The number of pyridine rings is 1. The average Bonchev–Trinajstić information content (AvgIpc) is 3.26. The van der Waals surface area contributed by atoms with E-state index >= 15 is 0 Å². The van der Waals surface area contributed by atoms with E-state index in [-0.39, 0.29) is 0 Å². The van der Waals surface area contributed by atoms with Crippen LogP contribution in [0.1, 0.15) is 24.5 Å². The molecule has 0 aliphatic carbocycles. The van der Waals surface area contributed by atoms with E-state index in [0.717, 1.165) is 29.1 Å². The molecule has 2 aromatic heterocycles. The fraction of sp³-hybridized carbons (Fsp3) is 0.192. The zero-order chi connectivity index (χ0) is 24.8. The molecule has 0 fully saturated rings. The van der Waals surface area contributed by atoms with Crippen molar-refractivity contribution in [3.63, 3.8) is 0 Å². The molecule has 180 valence electrons. The Kier molecular flexibility index (Phi) is 7.14. The molecule has 0 saturated carbocycles. The topological polar surface area (TPSA) is 66.2 Å². The normalized spacial score (nSPS) is 11.3. The Hall–Kier alpha value is -4.14. The molecule has 0 saturated heterocycles. The summed E-state index contributed by atoms with van der Waals surface area (Å²) >= 11 is 0. The Labute approximate surface area is 200 Å². The third-order valence-electron chi connectivity index (χ3n) is 5.07. The molecule has 0 amide bonds. The minimum absolute atomic E-state index is 0.292. The largest absolute Gasteiger partial charge is 0.493 e. The molecule has 35 heavy (non-hydrogen) atoms. The molecule has 0 unspecified atom stereocenters. The van der Waals surface area contributed by atoms with Crippen LogP contribution in [0, 0.1) is 0 Å². The lowest BCUT2D eigenvalue weighted by Crippen LogP contribution is -2.07. The van der Waals surface area contributed by atoms with Gasteiger partial charge in [-0.15, -0.1) is 0 Å². The van der Waals surface area contributed by atoms with Crippen molar-refractivity contribution >= 4 is 5.97 Å². The van der Waals surface area contributed by atoms with Gasteiger partial charge in [0.2, 0.25) is 0 Å². The van der Waals surface area contributed by atoms with Crippen molar-refractivity contribution in [3.8, 4) is 28.6 Å². The number of hydrogen-bond donors (Lipinski definition) is 0. The molecule has 4 aromatic rings. The lowest BCUT2D eigenvalue weighted by Gasteiger charge is -2.08. The van der Waals surface area contributed by atoms with E-state index in [1.54, 1.807) is 30.5 Å². The van der Waals surface area contributed by atoms with Crippen LogP contribution in [0.15, 0.2) is 79.1 Å². The summed E-state index contributed by atoms with van der Waals surface area (Å²) in [6, 6.07) is 18.7. The number of aromatic nitrogens is 3. The van der Waals surface area contributed by atoms with Crippen molar-refractivity contribution in [1.29, 1.82) is 0 Å². The zero-order valence-electron chi connectivity index (χ0n) is 18.8. The second-order valence-electron chi connectivity index (χ2n) is 7.74. The summed E-state index contributed by atoms with van der Waals surface area (Å²) in [6.07, 6.45) is -0.595. The predicted octanol–water partition coefficient (Wildman–Crippen LogP) is 5.89. The van der Waals surface area contributed by atoms with E-state index in [2.05, 4.69) is 10.1 Å². The number of carbonyl (C=O) groups is 1. The molecule has 0 atom stereocenters. The summed E-state index contributed by atoms with van der Waals surface area (Å²) in [5, 5.41) is 4.60. The van der Waals surface area contributed by atoms with Crippen LogP contribution >= 0.6 is 0 Å². The molecule has 0 radical (unpaired) electrons. The number of benzene rings is 2. The Morgan fingerprint density at radius 3 is 2.46 bits per heavy atom. The van der Waals surface area contributed by atoms with Gasteiger partial charge in [0.25, 0.3) is 0 Å². The van der Waals surface area contributed by atoms with Crippen molar-refractivity contribution in [2.75, 3.05) is 6.61 Å². The third kappa shape index (κ3) is 6.26. The van der Waals surface area contributed by atoms with E-state index in [0.29, 0.717) is 36.8 Å². The van der Waals surface area contributed by atoms with Gasteiger partial charge in [0.05, 0.1) is 17.9 Å². The predicted molar refractivity (Wildman–Crippen MR) is 123 cm³/mol. The van der Waals surface area contributed by atoms with Crippen LogP contribution in [-0.2, 0) is 17.4 Å². The number of rotatable bonds is 8. The number of carbonyl (C=O) groups excluding carboxylic acids is 1. The number of halogens is 3. The second kappa shape index (κ2) is 10.4. The van der Waals surface area contributed by atoms with Crippen LogP contribution in [0.3, 0.4) is 0 Å². The number of aryl methyl sites for hydroxylation is 1. The quantitative estimate of drug-likeness (QED) is 0.178. The molecular formula is C26H22F3N3O3. The summed E-state index contributed by atoms with van der Waals surface area (Å²) in [4.78, 5) is 15.1. The van der Waals surface area contributed by atoms with Gasteiger partial charge in [-0.2, -0.15) is 18.3 Å². The molecule has 2 aromatic carbocycles. The highest BCUT2D eigenvalue weighted by atomic mass is 19.4. The Balaban J connectivity index is 1.49. The Morgan fingerprint density at radius 1 is 1.00 bits per heavy atom. The van der Waals surface area contributed by atoms with Gasteiger partial charge in [-0.25, -0.2) is 9.67 Å². The van der Waals surface area contributed by atoms with E-state index in [9.17, 15) is 18.0 Å². The summed E-state index contributed by atoms with van der Waals surface area (Å²) < 4.78 is 51.0. The zero-order valence-corrected chi connectivity index (χ0v) is 18.8. The van der Waals surface area contributed by atoms with Crippen molar-refractivity contribution < 1.29 is 27.4 Å². The number of alkyl halides is 3. The van der Waals surface area contributed by atoms with Crippen molar-refractivity contribution in [3.05, 3.63) is 90.3 Å². The standard InChI is InChI=1S/C26H22F3N3O3/c1-18(33)35-23-11-5-10-22(15-23)34-14-6-9-20-17-32(31-25(20)19-7-3-2-4-8-19)24-13-12-21(16-30-24)26(27,28)29/h2-5,7-8,10-13,15-17H,6,9,14H2,1H3. The van der Waals surface area contributed by atoms with Crippen LogP contribution in [-0.4, -0.2) is 27.3 Å². The van der Waals surface area contributed by atoms with E-state index in [4.69, 9.17) is 9.47 Å². The second-order valence-corrected chi connectivity index (χ2v) is 7.74. The minimum atomic E-state index is -4.45. The van der Waals surface area contributed by atoms with Gasteiger partial charge in [0.15, 0.2) is 5.82 Å². The number of hydrogen-bond acceptors (Lipinski definition) is 5. The molecule has 4 rings (SSSR count). The molecule has 0 N–H and O–H groups in total. The molecule has 6 nitrogen and oxygen atoms in total. The summed E-state index contributed by atoms with van der Waals surface area (Å²) in [5.74, 6) is 0.874. The summed E-state index contributed by atoms with van der Waals surface area (Å²) in [5.41, 5.74) is 1.72. The van der Waals surface area contributed by atoms with Crippen LogP contribution < -0.4 is 9.47 Å². The van der Waals surface area contributed by atoms with Crippen molar-refractivity contribution in [2.24, 2.45) is 0 Å². The number of nitrogens with zero attached hydrogens (tertiary/aromatic N) is 3. The van der Waals surface area contributed by atoms with Crippen LogP contribution in [0.25, 0.3) is 17.1 Å². The maximum absolute atomic E-state index is 12.9. The van der Waals surface area contributed by atoms with Crippen LogP contribution in [0.2, 0.25) is 0 Å². The first kappa shape index (κ1) is 24.0. The lowest BCUT2D eigenvalue weighted by atomic mass is 10.1. The fourth-order valence-corrected chi connectivity index (χ4v) is 3.48. The lowest BCUT2D eigenvalue weighted by molar-refractivity contribution is -0.138. The minimum Gasteiger partial charge on any atom is -0.493 e. The average molecular weight is 481 g/mol. The first-order chi connectivity index (χ1) is 16.8. The molecular weight excluding hydrogens is 459 g/mol. The van der Waals surface area contributed by atoms with Crippen LogP contribution in [0.4, 0.5) is 13.2 Å². The van der Waals surface area contributed by atoms with Gasteiger partial charge in [-0.1, -0.05) is 36.4 Å². The molecule has 0 bridgehead atoms. The van der Waals surface area contributed by atoms with E-state index in [1.807, 2.05) is 30.3 Å². The van der Waals surface area contributed by atoms with E-state index < -0.39 is 17.7 Å². The van der Waals surface area contributed by atoms with Gasteiger partial charge in [-0.05, 0) is 42.7 Å². The summed E-state index contributed by atoms with van der Waals surface area (Å²) in [6.45, 7) is 1.74. The first-order valence-electron chi connectivity index (χ1n) is 10.9. The monoisotopic (exact) mass is 481 g/mol. The molecule has 0 aliphatic rings. The van der Waals surface area contributed by atoms with Crippen LogP contribution in [0.5, 0.6) is 11.5 Å². The number of ether oxygens (including phenoxy) is 2. The van der Waals surface area contributed by atoms with Gasteiger partial charge in [-0.3, -0.25) is 4.79 Å². The van der Waals surface area contributed by atoms with Crippen molar-refractivity contribution in [2.45, 2.75) is 25.9 Å². The molecule has 0 spiro atoms. The highest BCUT2D eigenvalue weighted by Gasteiger charge is 2.30. The number of esters is 1. The Bertz CT molecular complexity index is 1290. The fourth-order valence-electron chi connectivity index (χ4n) is 3.48. The first-order valence-corrected chi connectivity index (χ1v) is 10.9. The third-order valence-corrected chi connectivity index (χ3v) is 5.07. The van der Waals surface area contributed by atoms with E-state index in [1.165, 1.54) is 17.7 Å². The molecule has 0 aliphatic heterocycles. The van der Waals surface area contributed by atoms with Gasteiger partial charge >= 0.3 is 12.1 Å². The Morgan fingerprint density at radius 2 is 1.77 bits per heavy atom. The molecule has 9 heteroatoms. The highest BCUT2D eigenvalue weighted by Crippen LogP contribution is 2.29.